The van der Waals surface area contributed by atoms with Crippen LogP contribution in [0.25, 0.3) is 0 Å². The molecule has 3 aromatic rings. The number of halogens is 2. The van der Waals surface area contributed by atoms with Crippen molar-refractivity contribution >= 4 is 40.7 Å². The first-order valence-corrected chi connectivity index (χ1v) is 8.62. The fraction of sp³-hybridized carbons (Fsp3) is 0.167. The topological polar surface area (TPSA) is 53.9 Å². The lowest BCUT2D eigenvalue weighted by Gasteiger charge is -2.20. The average Bonchev–Trinajstić information content (AvgIpc) is 2.64. The minimum absolute atomic E-state index is 0.480. The molecular formula is C18H17Cl2N5. The Kier molecular flexibility index (Phi) is 5.68. The van der Waals surface area contributed by atoms with Crippen molar-refractivity contribution in [3.05, 3.63) is 70.3 Å². The van der Waals surface area contributed by atoms with E-state index < -0.39 is 0 Å². The van der Waals surface area contributed by atoms with Gasteiger partial charge in [-0.05, 0) is 30.7 Å². The third-order valence-electron chi connectivity index (χ3n) is 3.62. The second-order valence-electron chi connectivity index (χ2n) is 5.40. The lowest BCUT2D eigenvalue weighted by atomic mass is 10.2. The van der Waals surface area contributed by atoms with Crippen molar-refractivity contribution < 1.29 is 0 Å². The van der Waals surface area contributed by atoms with Crippen LogP contribution >= 0.6 is 23.2 Å². The molecule has 0 bridgehead atoms. The Labute approximate surface area is 156 Å². The summed E-state index contributed by atoms with van der Waals surface area (Å²) in [5, 5.41) is 12.4. The summed E-state index contributed by atoms with van der Waals surface area (Å²) in [6, 6.07) is 15.5. The van der Waals surface area contributed by atoms with E-state index in [0.29, 0.717) is 21.8 Å². The average molecular weight is 374 g/mol. The molecule has 1 N–H and O–H groups in total. The Morgan fingerprint density at radius 3 is 2.56 bits per heavy atom. The Bertz CT molecular complexity index is 842. The Morgan fingerprint density at radius 2 is 1.84 bits per heavy atom. The number of nitrogens with zero attached hydrogens (tertiary/aromatic N) is 4. The molecule has 0 fully saturated rings. The maximum atomic E-state index is 6.05. The van der Waals surface area contributed by atoms with Crippen LogP contribution in [0, 0.1) is 0 Å². The maximum Gasteiger partial charge on any atom is 0.247 e. The predicted octanol–water partition coefficient (Wildman–Crippen LogP) is 4.95. The molecule has 0 amide bonds. The van der Waals surface area contributed by atoms with Crippen LogP contribution in [-0.2, 0) is 6.54 Å². The van der Waals surface area contributed by atoms with E-state index in [4.69, 9.17) is 23.2 Å². The molecule has 0 radical (unpaired) electrons. The van der Waals surface area contributed by atoms with E-state index in [-0.39, 0.29) is 0 Å². The van der Waals surface area contributed by atoms with Crippen LogP contribution in [0.1, 0.15) is 12.5 Å². The highest BCUT2D eigenvalue weighted by Gasteiger charge is 2.10. The molecular weight excluding hydrogens is 357 g/mol. The van der Waals surface area contributed by atoms with Crippen molar-refractivity contribution in [2.75, 3.05) is 16.8 Å². The van der Waals surface area contributed by atoms with Gasteiger partial charge in [-0.1, -0.05) is 53.5 Å². The molecule has 0 saturated heterocycles. The standard InChI is InChI=1S/C18H17Cl2N5/c1-2-25(12-13-6-4-3-5-7-13)18-23-17(11-21-24-18)22-14-8-9-15(19)16(20)10-14/h3-11H,2,12H2,1H3,(H,22,23,24). The highest BCUT2D eigenvalue weighted by molar-refractivity contribution is 6.42. The van der Waals surface area contributed by atoms with Crippen molar-refractivity contribution in [3.8, 4) is 0 Å². The molecule has 0 spiro atoms. The fourth-order valence-electron chi connectivity index (χ4n) is 2.34. The zero-order valence-electron chi connectivity index (χ0n) is 13.7. The van der Waals surface area contributed by atoms with Gasteiger partial charge in [-0.15, -0.1) is 5.10 Å². The first-order chi connectivity index (χ1) is 12.2. The van der Waals surface area contributed by atoms with Gasteiger partial charge < -0.3 is 10.2 Å². The largest absolute Gasteiger partial charge is 0.339 e. The number of benzene rings is 2. The zero-order valence-corrected chi connectivity index (χ0v) is 15.2. The van der Waals surface area contributed by atoms with Gasteiger partial charge in [0.25, 0.3) is 0 Å². The first kappa shape index (κ1) is 17.5. The summed E-state index contributed by atoms with van der Waals surface area (Å²) >= 11 is 12.0. The fourth-order valence-corrected chi connectivity index (χ4v) is 2.64. The van der Waals surface area contributed by atoms with Gasteiger partial charge in [0.15, 0.2) is 5.82 Å². The Balaban J connectivity index is 1.78. The molecule has 0 aliphatic heterocycles. The van der Waals surface area contributed by atoms with Gasteiger partial charge >= 0.3 is 0 Å². The molecule has 1 aromatic heterocycles. The van der Waals surface area contributed by atoms with Gasteiger partial charge in [0.2, 0.25) is 5.95 Å². The van der Waals surface area contributed by atoms with E-state index in [1.807, 2.05) is 24.3 Å². The third-order valence-corrected chi connectivity index (χ3v) is 4.36. The van der Waals surface area contributed by atoms with Gasteiger partial charge in [-0.3, -0.25) is 0 Å². The van der Waals surface area contributed by atoms with Gasteiger partial charge in [0.1, 0.15) is 0 Å². The van der Waals surface area contributed by atoms with Crippen LogP contribution in [0.4, 0.5) is 17.5 Å². The van der Waals surface area contributed by atoms with E-state index in [1.54, 1.807) is 18.3 Å². The van der Waals surface area contributed by atoms with Crippen LogP contribution in [0.3, 0.4) is 0 Å². The molecule has 128 valence electrons. The summed E-state index contributed by atoms with van der Waals surface area (Å²) in [5.74, 6) is 1.16. The van der Waals surface area contributed by atoms with Crippen molar-refractivity contribution in [2.45, 2.75) is 13.5 Å². The van der Waals surface area contributed by atoms with E-state index in [1.165, 1.54) is 5.56 Å². The molecule has 7 heteroatoms. The van der Waals surface area contributed by atoms with Crippen LogP contribution in [0.15, 0.2) is 54.7 Å². The summed E-state index contributed by atoms with van der Waals surface area (Å²) in [6.07, 6.45) is 1.57. The summed E-state index contributed by atoms with van der Waals surface area (Å²) in [6.45, 7) is 3.55. The lowest BCUT2D eigenvalue weighted by molar-refractivity contribution is 0.771. The number of anilines is 3. The molecule has 1 heterocycles. The van der Waals surface area contributed by atoms with Gasteiger partial charge in [0.05, 0.1) is 16.2 Å². The molecule has 0 aliphatic rings. The van der Waals surface area contributed by atoms with E-state index in [9.17, 15) is 0 Å². The molecule has 0 saturated carbocycles. The molecule has 2 aromatic carbocycles. The molecule has 3 rings (SSSR count). The Morgan fingerprint density at radius 1 is 1.04 bits per heavy atom. The minimum atomic E-state index is 0.480. The molecule has 0 unspecified atom stereocenters. The van der Waals surface area contributed by atoms with Crippen molar-refractivity contribution in [3.63, 3.8) is 0 Å². The van der Waals surface area contributed by atoms with Gasteiger partial charge in [0, 0.05) is 18.8 Å². The number of hydrogen-bond donors (Lipinski definition) is 1. The maximum absolute atomic E-state index is 6.05. The molecule has 5 nitrogen and oxygen atoms in total. The smallest absolute Gasteiger partial charge is 0.247 e. The van der Waals surface area contributed by atoms with Gasteiger partial charge in [-0.25, -0.2) is 0 Å². The molecule has 25 heavy (non-hydrogen) atoms. The third kappa shape index (κ3) is 4.59. The number of hydrogen-bond acceptors (Lipinski definition) is 5. The normalized spacial score (nSPS) is 10.5. The van der Waals surface area contributed by atoms with Gasteiger partial charge in [-0.2, -0.15) is 10.1 Å². The quantitative estimate of drug-likeness (QED) is 0.662. The second kappa shape index (κ2) is 8.14. The number of rotatable bonds is 6. The summed E-state index contributed by atoms with van der Waals surface area (Å²) in [4.78, 5) is 6.61. The van der Waals surface area contributed by atoms with Crippen LogP contribution in [0.2, 0.25) is 10.0 Å². The summed E-state index contributed by atoms with van der Waals surface area (Å²) < 4.78 is 0. The summed E-state index contributed by atoms with van der Waals surface area (Å²) in [5.41, 5.74) is 1.97. The number of nitrogens with one attached hydrogen (secondary N) is 1. The highest BCUT2D eigenvalue weighted by Crippen LogP contribution is 2.26. The van der Waals surface area contributed by atoms with E-state index in [0.717, 1.165) is 18.8 Å². The minimum Gasteiger partial charge on any atom is -0.339 e. The van der Waals surface area contributed by atoms with Crippen molar-refractivity contribution in [1.29, 1.82) is 0 Å². The molecule has 0 aliphatic carbocycles. The van der Waals surface area contributed by atoms with Crippen LogP contribution in [0.5, 0.6) is 0 Å². The van der Waals surface area contributed by atoms with Crippen molar-refractivity contribution in [2.24, 2.45) is 0 Å². The lowest BCUT2D eigenvalue weighted by Crippen LogP contribution is -2.24. The summed E-state index contributed by atoms with van der Waals surface area (Å²) in [7, 11) is 0. The highest BCUT2D eigenvalue weighted by atomic mass is 35.5. The molecule has 0 atom stereocenters. The first-order valence-electron chi connectivity index (χ1n) is 7.86. The van der Waals surface area contributed by atoms with E-state index >= 15 is 0 Å². The zero-order chi connectivity index (χ0) is 17.6. The predicted molar refractivity (Wildman–Crippen MR) is 103 cm³/mol. The van der Waals surface area contributed by atoms with E-state index in [2.05, 4.69) is 44.5 Å². The van der Waals surface area contributed by atoms with Crippen LogP contribution < -0.4 is 10.2 Å². The Hall–Kier alpha value is -2.37. The SMILES string of the molecule is CCN(Cc1ccccc1)c1nncc(Nc2ccc(Cl)c(Cl)c2)n1. The number of aromatic nitrogens is 3. The van der Waals surface area contributed by atoms with Crippen molar-refractivity contribution in [1.82, 2.24) is 15.2 Å². The second-order valence-corrected chi connectivity index (χ2v) is 6.21. The van der Waals surface area contributed by atoms with Crippen LogP contribution in [-0.4, -0.2) is 21.7 Å². The monoisotopic (exact) mass is 373 g/mol.